The van der Waals surface area contributed by atoms with Crippen LogP contribution in [0, 0.1) is 0 Å². The average molecular weight is 254 g/mol. The van der Waals surface area contributed by atoms with Crippen molar-refractivity contribution in [3.63, 3.8) is 0 Å². The molecule has 2 aromatic rings. The molecular weight excluding hydrogens is 242 g/mol. The second-order valence-electron chi connectivity index (χ2n) is 3.62. The summed E-state index contributed by atoms with van der Waals surface area (Å²) in [6.45, 7) is 0. The summed E-state index contributed by atoms with van der Waals surface area (Å²) in [7, 11) is 3.02. The number of likely N-dealkylation sites (N-methyl/N-ethyl adjacent to an activating group) is 1. The number of nitrogens with zero attached hydrogens (tertiary/aromatic N) is 2. The first-order valence-electron chi connectivity index (χ1n) is 5.05. The van der Waals surface area contributed by atoms with Gasteiger partial charge in [0.15, 0.2) is 0 Å². The molecule has 0 saturated heterocycles. The third-order valence-electron chi connectivity index (χ3n) is 2.47. The Labute approximate surface area is 103 Å². The van der Waals surface area contributed by atoms with Crippen molar-refractivity contribution in [3.8, 4) is 0 Å². The minimum atomic E-state index is -0.134. The van der Waals surface area contributed by atoms with E-state index < -0.39 is 0 Å². The molecule has 90 valence electrons. The van der Waals surface area contributed by atoms with Gasteiger partial charge in [-0.05, 0) is 18.2 Å². The maximum Gasteiger partial charge on any atom is 0.251 e. The number of amides is 1. The second kappa shape index (κ2) is 4.73. The number of fused-ring (bicyclic) bond motifs is 1. The van der Waals surface area contributed by atoms with Crippen LogP contribution in [0.1, 0.15) is 5.69 Å². The Bertz CT molecular complexity index is 553. The molecule has 0 radical (unpaired) electrons. The number of halogens is 1. The molecule has 2 rings (SSSR count). The molecule has 1 amide bonds. The van der Waals surface area contributed by atoms with Gasteiger partial charge in [-0.25, -0.2) is 10.0 Å². The van der Waals surface area contributed by atoms with Crippen molar-refractivity contribution in [1.29, 1.82) is 0 Å². The van der Waals surface area contributed by atoms with Gasteiger partial charge in [-0.2, -0.15) is 0 Å². The first kappa shape index (κ1) is 11.9. The molecule has 0 atom stereocenters. The highest BCUT2D eigenvalue weighted by Gasteiger charge is 2.11. The highest BCUT2D eigenvalue weighted by molar-refractivity contribution is 6.29. The largest absolute Gasteiger partial charge is 0.343 e. The van der Waals surface area contributed by atoms with Gasteiger partial charge in [-0.1, -0.05) is 11.6 Å². The number of aromatic amines is 1. The van der Waals surface area contributed by atoms with Crippen LogP contribution < -0.4 is 0 Å². The molecule has 5 nitrogen and oxygen atoms in total. The van der Waals surface area contributed by atoms with Gasteiger partial charge in [-0.3, -0.25) is 9.63 Å². The molecule has 0 aliphatic carbocycles. The zero-order chi connectivity index (χ0) is 12.4. The normalized spacial score (nSPS) is 10.8. The van der Waals surface area contributed by atoms with Crippen molar-refractivity contribution in [3.05, 3.63) is 29.0 Å². The SMILES string of the molecule is CON(C)C(=O)Cc1cc2ccc(Cl)nc2[nH]1. The van der Waals surface area contributed by atoms with Crippen LogP contribution in [0.2, 0.25) is 5.15 Å². The summed E-state index contributed by atoms with van der Waals surface area (Å²) in [5, 5.41) is 2.54. The summed E-state index contributed by atoms with van der Waals surface area (Å²) >= 11 is 5.78. The Balaban J connectivity index is 2.22. The Morgan fingerprint density at radius 1 is 1.59 bits per heavy atom. The topological polar surface area (TPSA) is 58.2 Å². The van der Waals surface area contributed by atoms with Gasteiger partial charge in [0, 0.05) is 18.1 Å². The van der Waals surface area contributed by atoms with E-state index in [-0.39, 0.29) is 12.3 Å². The predicted octanol–water partition coefficient (Wildman–Crippen LogP) is 1.78. The minimum absolute atomic E-state index is 0.134. The Kier molecular flexibility index (Phi) is 3.31. The molecule has 17 heavy (non-hydrogen) atoms. The number of carbonyl (C=O) groups is 1. The molecule has 0 bridgehead atoms. The van der Waals surface area contributed by atoms with Crippen LogP contribution in [0.15, 0.2) is 18.2 Å². The van der Waals surface area contributed by atoms with E-state index >= 15 is 0 Å². The van der Waals surface area contributed by atoms with Gasteiger partial charge in [0.05, 0.1) is 13.5 Å². The fraction of sp³-hybridized carbons (Fsp3) is 0.273. The highest BCUT2D eigenvalue weighted by atomic mass is 35.5. The Morgan fingerprint density at radius 3 is 3.06 bits per heavy atom. The Morgan fingerprint density at radius 2 is 2.35 bits per heavy atom. The number of carbonyl (C=O) groups excluding carboxylic acids is 1. The van der Waals surface area contributed by atoms with Gasteiger partial charge in [0.2, 0.25) is 0 Å². The molecule has 0 unspecified atom stereocenters. The van der Waals surface area contributed by atoms with Crippen molar-refractivity contribution in [2.45, 2.75) is 6.42 Å². The summed E-state index contributed by atoms with van der Waals surface area (Å²) in [4.78, 5) is 23.6. The maximum absolute atomic E-state index is 11.6. The van der Waals surface area contributed by atoms with E-state index in [1.165, 1.54) is 12.2 Å². The standard InChI is InChI=1S/C11H12ClN3O2/c1-15(17-2)10(16)6-8-5-7-3-4-9(12)14-11(7)13-8/h3-5H,6H2,1-2H3,(H,13,14). The maximum atomic E-state index is 11.6. The fourth-order valence-electron chi connectivity index (χ4n) is 1.51. The molecule has 0 aliphatic rings. The van der Waals surface area contributed by atoms with Crippen LogP contribution in [-0.4, -0.2) is 35.1 Å². The first-order chi connectivity index (χ1) is 8.10. The summed E-state index contributed by atoms with van der Waals surface area (Å²) in [6.07, 6.45) is 0.234. The van der Waals surface area contributed by atoms with Crippen molar-refractivity contribution in [2.24, 2.45) is 0 Å². The molecule has 6 heteroatoms. The van der Waals surface area contributed by atoms with Crippen molar-refractivity contribution < 1.29 is 9.63 Å². The quantitative estimate of drug-likeness (QED) is 0.670. The summed E-state index contributed by atoms with van der Waals surface area (Å²) in [6, 6.07) is 5.44. The molecule has 2 aromatic heterocycles. The lowest BCUT2D eigenvalue weighted by molar-refractivity contribution is -0.167. The van der Waals surface area contributed by atoms with Crippen LogP contribution in [-0.2, 0) is 16.1 Å². The monoisotopic (exact) mass is 253 g/mol. The summed E-state index contributed by atoms with van der Waals surface area (Å²) < 4.78 is 0. The van der Waals surface area contributed by atoms with E-state index in [4.69, 9.17) is 16.4 Å². The van der Waals surface area contributed by atoms with E-state index in [0.717, 1.165) is 11.1 Å². The van der Waals surface area contributed by atoms with E-state index in [2.05, 4.69) is 9.97 Å². The number of hydrogen-bond donors (Lipinski definition) is 1. The number of aromatic nitrogens is 2. The minimum Gasteiger partial charge on any atom is -0.343 e. The van der Waals surface area contributed by atoms with Crippen LogP contribution >= 0.6 is 11.6 Å². The summed E-state index contributed by atoms with van der Waals surface area (Å²) in [5.41, 5.74) is 1.46. The Hall–Kier alpha value is -1.59. The van der Waals surface area contributed by atoms with Crippen LogP contribution in [0.4, 0.5) is 0 Å². The number of H-pyrrole nitrogens is 1. The highest BCUT2D eigenvalue weighted by Crippen LogP contribution is 2.16. The lowest BCUT2D eigenvalue weighted by atomic mass is 10.2. The molecule has 0 saturated carbocycles. The smallest absolute Gasteiger partial charge is 0.251 e. The first-order valence-corrected chi connectivity index (χ1v) is 5.43. The third kappa shape index (κ3) is 2.57. The molecule has 0 aliphatic heterocycles. The lowest BCUT2D eigenvalue weighted by Gasteiger charge is -2.12. The molecule has 2 heterocycles. The van der Waals surface area contributed by atoms with Crippen molar-refractivity contribution in [1.82, 2.24) is 15.0 Å². The number of hydroxylamine groups is 2. The van der Waals surface area contributed by atoms with Crippen molar-refractivity contribution >= 4 is 28.5 Å². The number of nitrogens with one attached hydrogen (secondary N) is 1. The van der Waals surface area contributed by atoms with Crippen molar-refractivity contribution in [2.75, 3.05) is 14.2 Å². The zero-order valence-corrected chi connectivity index (χ0v) is 10.3. The molecule has 0 fully saturated rings. The second-order valence-corrected chi connectivity index (χ2v) is 4.00. The van der Waals surface area contributed by atoms with E-state index in [0.29, 0.717) is 10.8 Å². The van der Waals surface area contributed by atoms with Gasteiger partial charge >= 0.3 is 0 Å². The number of pyridine rings is 1. The van der Waals surface area contributed by atoms with Gasteiger partial charge in [-0.15, -0.1) is 0 Å². The van der Waals surface area contributed by atoms with E-state index in [1.54, 1.807) is 13.1 Å². The van der Waals surface area contributed by atoms with Crippen LogP contribution in [0.3, 0.4) is 0 Å². The number of rotatable bonds is 3. The molecule has 0 spiro atoms. The molecule has 0 aromatic carbocycles. The summed E-state index contributed by atoms with van der Waals surface area (Å²) in [5.74, 6) is -0.134. The lowest BCUT2D eigenvalue weighted by Crippen LogP contribution is -2.27. The van der Waals surface area contributed by atoms with Crippen LogP contribution in [0.25, 0.3) is 11.0 Å². The van der Waals surface area contributed by atoms with Gasteiger partial charge in [0.25, 0.3) is 5.91 Å². The van der Waals surface area contributed by atoms with E-state index in [1.807, 2.05) is 12.1 Å². The number of hydrogen-bond acceptors (Lipinski definition) is 3. The molecule has 1 N–H and O–H groups in total. The predicted molar refractivity (Wildman–Crippen MR) is 64.6 cm³/mol. The zero-order valence-electron chi connectivity index (χ0n) is 9.53. The third-order valence-corrected chi connectivity index (χ3v) is 2.68. The van der Waals surface area contributed by atoms with Gasteiger partial charge < -0.3 is 4.98 Å². The fourth-order valence-corrected chi connectivity index (χ4v) is 1.66. The van der Waals surface area contributed by atoms with Gasteiger partial charge in [0.1, 0.15) is 10.8 Å². The van der Waals surface area contributed by atoms with E-state index in [9.17, 15) is 4.79 Å². The van der Waals surface area contributed by atoms with Crippen LogP contribution in [0.5, 0.6) is 0 Å². The molecular formula is C11H12ClN3O2. The average Bonchev–Trinajstić information content (AvgIpc) is 2.69.